The summed E-state index contributed by atoms with van der Waals surface area (Å²) in [4.78, 5) is 14.8. The lowest BCUT2D eigenvalue weighted by atomic mass is 10.1. The van der Waals surface area contributed by atoms with Gasteiger partial charge in [-0.2, -0.15) is 0 Å². The molecule has 0 aliphatic heterocycles. The molecule has 0 radical (unpaired) electrons. The zero-order chi connectivity index (χ0) is 12.3. The van der Waals surface area contributed by atoms with Gasteiger partial charge in [0.05, 0.1) is 0 Å². The highest BCUT2D eigenvalue weighted by molar-refractivity contribution is 5.66. The maximum Gasteiger partial charge on any atom is 0.323 e. The fourth-order valence-corrected chi connectivity index (χ4v) is 1.61. The Bertz CT molecular complexity index is 517. The molecule has 0 spiro atoms. The summed E-state index contributed by atoms with van der Waals surface area (Å²) >= 11 is 0. The normalized spacial score (nSPS) is 10.4. The van der Waals surface area contributed by atoms with Gasteiger partial charge in [0, 0.05) is 24.5 Å². The summed E-state index contributed by atoms with van der Waals surface area (Å²) in [6.07, 6.45) is 3.87. The van der Waals surface area contributed by atoms with E-state index in [4.69, 9.17) is 10.8 Å². The van der Waals surface area contributed by atoms with Gasteiger partial charge in [-0.25, -0.2) is 4.98 Å². The Labute approximate surface area is 98.5 Å². The van der Waals surface area contributed by atoms with Gasteiger partial charge >= 0.3 is 5.97 Å². The Kier molecular flexibility index (Phi) is 3.09. The number of nitrogen functional groups attached to an aromatic ring is 1. The predicted molar refractivity (Wildman–Crippen MR) is 63.5 cm³/mol. The van der Waals surface area contributed by atoms with Crippen molar-refractivity contribution in [3.05, 3.63) is 48.0 Å². The monoisotopic (exact) mass is 231 g/mol. The standard InChI is InChI=1S/C12H13N3O2/c13-10-3-1-9(2-4-10)7-11-14-5-6-15(11)8-12(16)17/h1-6H,7-8,13H2,(H,16,17). The lowest BCUT2D eigenvalue weighted by Gasteiger charge is -2.05. The molecule has 2 rings (SSSR count). The molecular formula is C12H13N3O2. The Balaban J connectivity index is 2.15. The largest absolute Gasteiger partial charge is 0.480 e. The molecule has 17 heavy (non-hydrogen) atoms. The highest BCUT2D eigenvalue weighted by Crippen LogP contribution is 2.10. The van der Waals surface area contributed by atoms with Crippen molar-refractivity contribution in [2.75, 3.05) is 5.73 Å². The molecule has 1 aromatic carbocycles. The van der Waals surface area contributed by atoms with Gasteiger partial charge in [-0.1, -0.05) is 12.1 Å². The van der Waals surface area contributed by atoms with E-state index in [1.165, 1.54) is 0 Å². The van der Waals surface area contributed by atoms with E-state index in [9.17, 15) is 4.79 Å². The van der Waals surface area contributed by atoms with Crippen molar-refractivity contribution in [2.45, 2.75) is 13.0 Å². The molecule has 0 saturated heterocycles. The van der Waals surface area contributed by atoms with Crippen LogP contribution in [0.5, 0.6) is 0 Å². The second-order valence-corrected chi connectivity index (χ2v) is 3.78. The minimum Gasteiger partial charge on any atom is -0.480 e. The molecular weight excluding hydrogens is 218 g/mol. The average Bonchev–Trinajstić information content (AvgIpc) is 2.68. The number of hydrogen-bond acceptors (Lipinski definition) is 3. The third-order valence-corrected chi connectivity index (χ3v) is 2.45. The highest BCUT2D eigenvalue weighted by Gasteiger charge is 2.06. The predicted octanol–water partition coefficient (Wildman–Crippen LogP) is 1.14. The number of anilines is 1. The molecule has 5 heteroatoms. The van der Waals surface area contributed by atoms with Gasteiger partial charge < -0.3 is 15.4 Å². The number of aliphatic carboxylic acids is 1. The van der Waals surface area contributed by atoms with Crippen molar-refractivity contribution in [3.8, 4) is 0 Å². The van der Waals surface area contributed by atoms with Gasteiger partial charge in [0.15, 0.2) is 0 Å². The molecule has 0 aliphatic rings. The Morgan fingerprint density at radius 1 is 1.35 bits per heavy atom. The van der Waals surface area contributed by atoms with Crippen molar-refractivity contribution in [1.29, 1.82) is 0 Å². The van der Waals surface area contributed by atoms with Crippen molar-refractivity contribution in [1.82, 2.24) is 9.55 Å². The van der Waals surface area contributed by atoms with Gasteiger partial charge in [-0.05, 0) is 17.7 Å². The fraction of sp³-hybridized carbons (Fsp3) is 0.167. The van der Waals surface area contributed by atoms with Crippen molar-refractivity contribution >= 4 is 11.7 Å². The summed E-state index contributed by atoms with van der Waals surface area (Å²) in [6, 6.07) is 7.46. The molecule has 0 saturated carbocycles. The van der Waals surface area contributed by atoms with Crippen LogP contribution in [0.15, 0.2) is 36.7 Å². The van der Waals surface area contributed by atoms with Crippen LogP contribution >= 0.6 is 0 Å². The van der Waals surface area contributed by atoms with E-state index in [2.05, 4.69) is 4.98 Å². The maximum atomic E-state index is 10.7. The molecule has 2 aromatic rings. The minimum atomic E-state index is -0.874. The van der Waals surface area contributed by atoms with Crippen LogP contribution in [0.4, 0.5) is 5.69 Å². The van der Waals surface area contributed by atoms with Gasteiger partial charge in [-0.15, -0.1) is 0 Å². The van der Waals surface area contributed by atoms with Crippen LogP contribution in [0.3, 0.4) is 0 Å². The SMILES string of the molecule is Nc1ccc(Cc2nccn2CC(=O)O)cc1. The fourth-order valence-electron chi connectivity index (χ4n) is 1.61. The van der Waals surface area contributed by atoms with E-state index in [1.807, 2.05) is 24.3 Å². The molecule has 5 nitrogen and oxygen atoms in total. The molecule has 3 N–H and O–H groups in total. The van der Waals surface area contributed by atoms with Crippen LogP contribution in [0.25, 0.3) is 0 Å². The Morgan fingerprint density at radius 3 is 2.71 bits per heavy atom. The molecule has 1 heterocycles. The minimum absolute atomic E-state index is 0.0652. The molecule has 88 valence electrons. The molecule has 1 aromatic heterocycles. The summed E-state index contributed by atoms with van der Waals surface area (Å²) in [5, 5.41) is 8.75. The van der Waals surface area contributed by atoms with Crippen LogP contribution in [0.2, 0.25) is 0 Å². The number of aromatic nitrogens is 2. The van der Waals surface area contributed by atoms with Gasteiger partial charge in [0.2, 0.25) is 0 Å². The molecule has 0 aliphatic carbocycles. The third-order valence-electron chi connectivity index (χ3n) is 2.45. The number of carboxylic acid groups (broad SMARTS) is 1. The number of nitrogens with two attached hydrogens (primary N) is 1. The smallest absolute Gasteiger partial charge is 0.323 e. The topological polar surface area (TPSA) is 81.1 Å². The summed E-state index contributed by atoms with van der Waals surface area (Å²) in [6.45, 7) is -0.0652. The van der Waals surface area contributed by atoms with E-state index in [0.717, 1.165) is 11.4 Å². The molecule has 0 amide bonds. The summed E-state index contributed by atoms with van der Waals surface area (Å²) in [5.74, 6) is -0.140. The second-order valence-electron chi connectivity index (χ2n) is 3.78. The number of carboxylic acids is 1. The van der Waals surface area contributed by atoms with Gasteiger partial charge in [0.25, 0.3) is 0 Å². The summed E-state index contributed by atoms with van der Waals surface area (Å²) < 4.78 is 1.62. The Morgan fingerprint density at radius 2 is 2.06 bits per heavy atom. The molecule has 0 atom stereocenters. The number of benzene rings is 1. The number of imidazole rings is 1. The van der Waals surface area contributed by atoms with Crippen LogP contribution < -0.4 is 5.73 Å². The number of rotatable bonds is 4. The van der Waals surface area contributed by atoms with Gasteiger partial charge in [-0.3, -0.25) is 4.79 Å². The molecule has 0 unspecified atom stereocenters. The molecule has 0 bridgehead atoms. The lowest BCUT2D eigenvalue weighted by Crippen LogP contribution is -2.11. The number of nitrogens with zero attached hydrogens (tertiary/aromatic N) is 2. The zero-order valence-corrected chi connectivity index (χ0v) is 9.21. The zero-order valence-electron chi connectivity index (χ0n) is 9.21. The lowest BCUT2D eigenvalue weighted by molar-refractivity contribution is -0.137. The van der Waals surface area contributed by atoms with E-state index in [0.29, 0.717) is 12.1 Å². The highest BCUT2D eigenvalue weighted by atomic mass is 16.4. The summed E-state index contributed by atoms with van der Waals surface area (Å²) in [5.41, 5.74) is 7.36. The third kappa shape index (κ3) is 2.84. The van der Waals surface area contributed by atoms with Crippen LogP contribution in [-0.2, 0) is 17.8 Å². The van der Waals surface area contributed by atoms with Gasteiger partial charge in [0.1, 0.15) is 12.4 Å². The van der Waals surface area contributed by atoms with Crippen molar-refractivity contribution in [3.63, 3.8) is 0 Å². The first kappa shape index (κ1) is 11.2. The maximum absolute atomic E-state index is 10.7. The number of carbonyl (C=O) groups is 1. The van der Waals surface area contributed by atoms with Crippen LogP contribution in [-0.4, -0.2) is 20.6 Å². The quantitative estimate of drug-likeness (QED) is 0.773. The van der Waals surface area contributed by atoms with Crippen molar-refractivity contribution in [2.24, 2.45) is 0 Å². The first-order valence-corrected chi connectivity index (χ1v) is 5.21. The van der Waals surface area contributed by atoms with E-state index in [-0.39, 0.29) is 6.54 Å². The number of hydrogen-bond donors (Lipinski definition) is 2. The first-order valence-electron chi connectivity index (χ1n) is 5.21. The summed E-state index contributed by atoms with van der Waals surface area (Å²) in [7, 11) is 0. The first-order chi connectivity index (χ1) is 8.15. The van der Waals surface area contributed by atoms with E-state index in [1.54, 1.807) is 17.0 Å². The van der Waals surface area contributed by atoms with E-state index >= 15 is 0 Å². The van der Waals surface area contributed by atoms with Crippen LogP contribution in [0.1, 0.15) is 11.4 Å². The Hall–Kier alpha value is -2.30. The van der Waals surface area contributed by atoms with Crippen molar-refractivity contribution < 1.29 is 9.90 Å². The molecule has 0 fully saturated rings. The van der Waals surface area contributed by atoms with E-state index < -0.39 is 5.97 Å². The van der Waals surface area contributed by atoms with Crippen LogP contribution in [0, 0.1) is 0 Å². The second kappa shape index (κ2) is 4.69. The average molecular weight is 231 g/mol.